The monoisotopic (exact) mass is 283 g/mol. The first-order valence-electron chi connectivity index (χ1n) is 6.78. The van der Waals surface area contributed by atoms with Gasteiger partial charge >= 0.3 is 0 Å². The molecule has 0 saturated carbocycles. The van der Waals surface area contributed by atoms with Crippen LogP contribution in [0.15, 0.2) is 65.6 Å². The first-order valence-corrected chi connectivity index (χ1v) is 7.66. The maximum absolute atomic E-state index is 12.1. The van der Waals surface area contributed by atoms with Crippen molar-refractivity contribution in [1.82, 2.24) is 4.90 Å². The van der Waals surface area contributed by atoms with Gasteiger partial charge in [0.1, 0.15) is 5.25 Å². The smallest absolute Gasteiger partial charge is 0.238 e. The van der Waals surface area contributed by atoms with Gasteiger partial charge in [-0.3, -0.25) is 4.79 Å². The van der Waals surface area contributed by atoms with E-state index < -0.39 is 0 Å². The molecule has 0 aromatic heterocycles. The summed E-state index contributed by atoms with van der Waals surface area (Å²) >= 11 is 1.68. The van der Waals surface area contributed by atoms with E-state index in [0.29, 0.717) is 0 Å². The van der Waals surface area contributed by atoms with Crippen molar-refractivity contribution in [2.24, 2.45) is 0 Å². The average molecular weight is 283 g/mol. The lowest BCUT2D eigenvalue weighted by atomic mass is 9.95. The second-order valence-electron chi connectivity index (χ2n) is 5.06. The highest BCUT2D eigenvalue weighted by atomic mass is 32.2. The molecule has 1 heterocycles. The molecule has 1 aliphatic heterocycles. The Bertz CT molecular complexity index is 584. The standard InChI is InChI=1S/C17H17NOS/c1-18-15(12-13-8-4-2-5-9-13)16(17(18)19)20-14-10-6-3-7-11-14/h2-11,15-16H,12H2,1H3/t15-,16+/m1/s1. The Morgan fingerprint density at radius 1 is 1.00 bits per heavy atom. The predicted octanol–water partition coefficient (Wildman–Crippen LogP) is 3.23. The van der Waals surface area contributed by atoms with E-state index in [1.165, 1.54) is 5.56 Å². The largest absolute Gasteiger partial charge is 0.340 e. The van der Waals surface area contributed by atoms with E-state index >= 15 is 0 Å². The van der Waals surface area contributed by atoms with Gasteiger partial charge in [-0.2, -0.15) is 0 Å². The van der Waals surface area contributed by atoms with E-state index in [1.54, 1.807) is 11.8 Å². The summed E-state index contributed by atoms with van der Waals surface area (Å²) in [6, 6.07) is 20.8. The fraction of sp³-hybridized carbons (Fsp3) is 0.235. The molecule has 0 aliphatic carbocycles. The van der Waals surface area contributed by atoms with Crippen molar-refractivity contribution in [2.45, 2.75) is 22.6 Å². The molecular formula is C17H17NOS. The molecular weight excluding hydrogens is 266 g/mol. The van der Waals surface area contributed by atoms with Gasteiger partial charge in [-0.1, -0.05) is 48.5 Å². The van der Waals surface area contributed by atoms with Crippen LogP contribution in [0.5, 0.6) is 0 Å². The van der Waals surface area contributed by atoms with Crippen molar-refractivity contribution in [3.63, 3.8) is 0 Å². The van der Waals surface area contributed by atoms with Crippen LogP contribution in [0.2, 0.25) is 0 Å². The summed E-state index contributed by atoms with van der Waals surface area (Å²) in [5.74, 6) is 0.236. The molecule has 0 unspecified atom stereocenters. The Morgan fingerprint density at radius 3 is 2.25 bits per heavy atom. The number of β-lactam (4-membered cyclic amide) rings is 1. The summed E-state index contributed by atoms with van der Waals surface area (Å²) in [5, 5.41) is 0.0441. The highest BCUT2D eigenvalue weighted by Gasteiger charge is 2.45. The number of carbonyl (C=O) groups is 1. The fourth-order valence-electron chi connectivity index (χ4n) is 2.52. The number of carbonyl (C=O) groups excluding carboxylic acids is 1. The van der Waals surface area contributed by atoms with Crippen LogP contribution in [0.3, 0.4) is 0 Å². The Morgan fingerprint density at radius 2 is 1.60 bits per heavy atom. The van der Waals surface area contributed by atoms with Crippen molar-refractivity contribution in [3.05, 3.63) is 66.2 Å². The second kappa shape index (κ2) is 5.71. The lowest BCUT2D eigenvalue weighted by molar-refractivity contribution is -0.142. The summed E-state index contributed by atoms with van der Waals surface area (Å²) in [4.78, 5) is 15.1. The van der Waals surface area contributed by atoms with E-state index in [0.717, 1.165) is 11.3 Å². The van der Waals surface area contributed by atoms with E-state index in [-0.39, 0.29) is 17.2 Å². The summed E-state index contributed by atoms with van der Waals surface area (Å²) in [6.07, 6.45) is 0.924. The quantitative estimate of drug-likeness (QED) is 0.803. The summed E-state index contributed by atoms with van der Waals surface area (Å²) in [6.45, 7) is 0. The van der Waals surface area contributed by atoms with Crippen LogP contribution in [-0.4, -0.2) is 29.1 Å². The molecule has 1 fully saturated rings. The molecule has 2 aromatic carbocycles. The number of thioether (sulfide) groups is 1. The lowest BCUT2D eigenvalue weighted by Gasteiger charge is -2.44. The molecule has 0 spiro atoms. The van der Waals surface area contributed by atoms with Gasteiger partial charge in [0, 0.05) is 11.9 Å². The summed E-state index contributed by atoms with van der Waals surface area (Å²) in [5.41, 5.74) is 1.29. The van der Waals surface area contributed by atoms with Gasteiger partial charge in [-0.05, 0) is 24.1 Å². The third kappa shape index (κ3) is 2.59. The Hall–Kier alpha value is -1.74. The Labute approximate surface area is 123 Å². The van der Waals surface area contributed by atoms with Gasteiger partial charge in [0.15, 0.2) is 0 Å². The van der Waals surface area contributed by atoms with Gasteiger partial charge in [-0.25, -0.2) is 0 Å². The zero-order valence-corrected chi connectivity index (χ0v) is 12.2. The minimum Gasteiger partial charge on any atom is -0.340 e. The van der Waals surface area contributed by atoms with Gasteiger partial charge in [0.25, 0.3) is 0 Å². The lowest BCUT2D eigenvalue weighted by Crippen LogP contribution is -2.62. The molecule has 102 valence electrons. The molecule has 1 saturated heterocycles. The van der Waals surface area contributed by atoms with E-state index in [9.17, 15) is 4.79 Å². The molecule has 0 bridgehead atoms. The first kappa shape index (κ1) is 13.3. The summed E-state index contributed by atoms with van der Waals surface area (Å²) < 4.78 is 0. The van der Waals surface area contributed by atoms with Crippen LogP contribution in [0.25, 0.3) is 0 Å². The third-order valence-electron chi connectivity index (χ3n) is 3.73. The van der Waals surface area contributed by atoms with Crippen molar-refractivity contribution >= 4 is 17.7 Å². The maximum atomic E-state index is 12.1. The molecule has 1 aliphatic rings. The number of hydrogen-bond donors (Lipinski definition) is 0. The van der Waals surface area contributed by atoms with Crippen LogP contribution in [0.4, 0.5) is 0 Å². The van der Waals surface area contributed by atoms with Crippen molar-refractivity contribution < 1.29 is 4.79 Å². The second-order valence-corrected chi connectivity index (χ2v) is 6.27. The zero-order chi connectivity index (χ0) is 13.9. The van der Waals surface area contributed by atoms with E-state index in [2.05, 4.69) is 36.4 Å². The van der Waals surface area contributed by atoms with E-state index in [1.807, 2.05) is 36.2 Å². The maximum Gasteiger partial charge on any atom is 0.238 e. The topological polar surface area (TPSA) is 20.3 Å². The fourth-order valence-corrected chi connectivity index (χ4v) is 3.83. The zero-order valence-electron chi connectivity index (χ0n) is 11.4. The molecule has 1 amide bonds. The molecule has 3 rings (SSSR count). The normalized spacial score (nSPS) is 21.6. The van der Waals surface area contributed by atoms with Crippen LogP contribution in [0.1, 0.15) is 5.56 Å². The number of hydrogen-bond acceptors (Lipinski definition) is 2. The third-order valence-corrected chi connectivity index (χ3v) is 5.05. The highest BCUT2D eigenvalue weighted by molar-refractivity contribution is 8.00. The molecule has 2 aromatic rings. The summed E-state index contributed by atoms with van der Waals surface area (Å²) in [7, 11) is 1.90. The average Bonchev–Trinajstić information content (AvgIpc) is 2.52. The number of nitrogens with zero attached hydrogens (tertiary/aromatic N) is 1. The minimum absolute atomic E-state index is 0.0441. The van der Waals surface area contributed by atoms with Crippen molar-refractivity contribution in [3.8, 4) is 0 Å². The predicted molar refractivity (Wildman–Crippen MR) is 82.8 cm³/mol. The molecule has 0 N–H and O–H groups in total. The number of rotatable bonds is 4. The molecule has 2 atom stereocenters. The van der Waals surface area contributed by atoms with Crippen molar-refractivity contribution in [1.29, 1.82) is 0 Å². The minimum atomic E-state index is 0.0441. The Balaban J connectivity index is 1.71. The molecule has 2 nitrogen and oxygen atoms in total. The van der Waals surface area contributed by atoms with E-state index in [4.69, 9.17) is 0 Å². The van der Waals surface area contributed by atoms with Crippen molar-refractivity contribution in [2.75, 3.05) is 7.05 Å². The SMILES string of the molecule is CN1C(=O)[C@@H](Sc2ccccc2)[C@H]1Cc1ccccc1. The molecule has 0 radical (unpaired) electrons. The number of likely N-dealkylation sites (tertiary alicyclic amines) is 1. The number of benzene rings is 2. The van der Waals surface area contributed by atoms with Gasteiger partial charge in [0.2, 0.25) is 5.91 Å². The van der Waals surface area contributed by atoms with Crippen LogP contribution in [-0.2, 0) is 11.2 Å². The molecule has 3 heteroatoms. The van der Waals surface area contributed by atoms with Crippen LogP contribution in [0, 0.1) is 0 Å². The van der Waals surface area contributed by atoms with Gasteiger partial charge in [0.05, 0.1) is 6.04 Å². The van der Waals surface area contributed by atoms with Gasteiger partial charge < -0.3 is 4.90 Å². The number of amides is 1. The van der Waals surface area contributed by atoms with Gasteiger partial charge in [-0.15, -0.1) is 11.8 Å². The van der Waals surface area contributed by atoms with Crippen LogP contribution >= 0.6 is 11.8 Å². The molecule has 20 heavy (non-hydrogen) atoms. The highest BCUT2D eigenvalue weighted by Crippen LogP contribution is 2.36. The Kier molecular flexibility index (Phi) is 3.79. The number of likely N-dealkylation sites (N-methyl/N-ethyl adjacent to an activating group) is 1. The van der Waals surface area contributed by atoms with Crippen LogP contribution < -0.4 is 0 Å². The first-order chi connectivity index (χ1) is 9.75.